The lowest BCUT2D eigenvalue weighted by Crippen LogP contribution is -2.64. The highest BCUT2D eigenvalue weighted by Gasteiger charge is 2.63. The zero-order valence-corrected chi connectivity index (χ0v) is 12.4. The normalized spacial score (nSPS) is 30.4. The van der Waals surface area contributed by atoms with Crippen LogP contribution in [0.2, 0.25) is 0 Å². The van der Waals surface area contributed by atoms with Gasteiger partial charge in [0.1, 0.15) is 6.04 Å². The maximum absolute atomic E-state index is 12.1. The number of aliphatic carboxylic acids is 1. The Morgan fingerprint density at radius 1 is 1.50 bits per heavy atom. The van der Waals surface area contributed by atoms with Gasteiger partial charge in [-0.1, -0.05) is 0 Å². The van der Waals surface area contributed by atoms with Gasteiger partial charge in [-0.2, -0.15) is 0 Å². The number of fused-ring (bicyclic) bond motifs is 1. The first kappa shape index (κ1) is 15.0. The van der Waals surface area contributed by atoms with Crippen molar-refractivity contribution in [2.45, 2.75) is 36.9 Å². The van der Waals surface area contributed by atoms with Gasteiger partial charge < -0.3 is 20.1 Å². The van der Waals surface area contributed by atoms with Crippen molar-refractivity contribution >= 4 is 29.7 Å². The number of ether oxygens (including phenoxy) is 1. The number of thioether (sulfide) groups is 1. The van der Waals surface area contributed by atoms with E-state index >= 15 is 0 Å². The summed E-state index contributed by atoms with van der Waals surface area (Å²) in [5.74, 6) is -1.60. The lowest BCUT2D eigenvalue weighted by molar-refractivity contribution is -0.163. The molecule has 2 saturated heterocycles. The van der Waals surface area contributed by atoms with Crippen LogP contribution in [0, 0.1) is 5.92 Å². The molecule has 0 aromatic carbocycles. The first-order chi connectivity index (χ1) is 9.29. The minimum absolute atomic E-state index is 0.175. The molecular formula is C12H18N2O5S. The number of carboxylic acids is 1. The topological polar surface area (TPSA) is 95.9 Å². The summed E-state index contributed by atoms with van der Waals surface area (Å²) in [5, 5.41) is 11.6. The second-order valence-electron chi connectivity index (χ2n) is 5.31. The molecule has 2 aliphatic heterocycles. The molecule has 0 unspecified atom stereocenters. The lowest BCUT2D eigenvalue weighted by Gasteiger charge is -2.43. The van der Waals surface area contributed by atoms with Gasteiger partial charge in [0, 0.05) is 11.3 Å². The van der Waals surface area contributed by atoms with E-state index in [0.717, 1.165) is 0 Å². The molecule has 2 amide bonds. The van der Waals surface area contributed by atoms with Crippen molar-refractivity contribution < 1.29 is 24.2 Å². The number of β-lactam (4-membered cyclic amide) rings is 1. The van der Waals surface area contributed by atoms with Crippen molar-refractivity contribution in [3.8, 4) is 0 Å². The molecule has 0 bridgehead atoms. The number of nitrogens with one attached hydrogen (secondary N) is 1. The maximum Gasteiger partial charge on any atom is 0.407 e. The molecule has 0 aromatic rings. The van der Waals surface area contributed by atoms with Crippen LogP contribution in [0.4, 0.5) is 4.79 Å². The Bertz CT molecular complexity index is 453. The average Bonchev–Trinajstić information content (AvgIpc) is 2.58. The molecule has 2 N–H and O–H groups in total. The molecule has 2 heterocycles. The fraction of sp³-hybridized carbons (Fsp3) is 0.750. The third-order valence-electron chi connectivity index (χ3n) is 3.53. The Labute approximate surface area is 121 Å². The molecule has 112 valence electrons. The minimum atomic E-state index is -0.991. The highest BCUT2D eigenvalue weighted by atomic mass is 32.2. The standard InChI is InChI=1S/C12H18N2O5S/c1-4-19-11(18)13-5-6-8(15)14-7(10(16)17)12(2,3)20-9(6)14/h6-7,9H,4-5H2,1-3H3,(H,13,18)(H,16,17)/t6-,7-,9+/m0/s1. The van der Waals surface area contributed by atoms with Crippen molar-refractivity contribution in [2.75, 3.05) is 13.2 Å². The zero-order chi connectivity index (χ0) is 15.1. The quantitative estimate of drug-likeness (QED) is 0.734. The summed E-state index contributed by atoms with van der Waals surface area (Å²) in [6.45, 7) is 5.77. The molecule has 0 spiro atoms. The predicted octanol–water partition coefficient (Wildman–Crippen LogP) is 0.496. The number of carbonyl (C=O) groups excluding carboxylic acids is 2. The number of alkyl carbamates (subject to hydrolysis) is 1. The molecule has 0 radical (unpaired) electrons. The van der Waals surface area contributed by atoms with Crippen LogP contribution < -0.4 is 5.32 Å². The number of carbonyl (C=O) groups is 3. The van der Waals surface area contributed by atoms with Crippen LogP contribution >= 0.6 is 11.8 Å². The van der Waals surface area contributed by atoms with Crippen LogP contribution in [-0.2, 0) is 14.3 Å². The van der Waals surface area contributed by atoms with E-state index in [1.54, 1.807) is 6.92 Å². The number of nitrogens with zero attached hydrogens (tertiary/aromatic N) is 1. The Kier molecular flexibility index (Phi) is 3.86. The fourth-order valence-electron chi connectivity index (χ4n) is 2.65. The summed E-state index contributed by atoms with van der Waals surface area (Å²) in [5.41, 5.74) is 0. The van der Waals surface area contributed by atoms with Crippen LogP contribution in [0.5, 0.6) is 0 Å². The molecule has 0 aromatic heterocycles. The fourth-order valence-corrected chi connectivity index (χ4v) is 4.34. The average molecular weight is 302 g/mol. The van der Waals surface area contributed by atoms with Crippen molar-refractivity contribution in [1.29, 1.82) is 0 Å². The van der Waals surface area contributed by atoms with E-state index in [1.165, 1.54) is 16.7 Å². The van der Waals surface area contributed by atoms with Crippen LogP contribution in [0.3, 0.4) is 0 Å². The van der Waals surface area contributed by atoms with Gasteiger partial charge in [0.2, 0.25) is 5.91 Å². The molecule has 2 aliphatic rings. The van der Waals surface area contributed by atoms with Gasteiger partial charge in [-0.05, 0) is 20.8 Å². The predicted molar refractivity (Wildman–Crippen MR) is 72.2 cm³/mol. The Balaban J connectivity index is 2.00. The molecule has 7 nitrogen and oxygen atoms in total. The largest absolute Gasteiger partial charge is 0.480 e. The van der Waals surface area contributed by atoms with Gasteiger partial charge >= 0.3 is 12.1 Å². The summed E-state index contributed by atoms with van der Waals surface area (Å²) >= 11 is 1.46. The van der Waals surface area contributed by atoms with Crippen LogP contribution in [0.25, 0.3) is 0 Å². The Morgan fingerprint density at radius 3 is 2.70 bits per heavy atom. The molecule has 20 heavy (non-hydrogen) atoms. The molecule has 0 aliphatic carbocycles. The Morgan fingerprint density at radius 2 is 2.15 bits per heavy atom. The summed E-state index contributed by atoms with van der Waals surface area (Å²) < 4.78 is 4.20. The van der Waals surface area contributed by atoms with E-state index < -0.39 is 22.9 Å². The van der Waals surface area contributed by atoms with Gasteiger partial charge in [0.15, 0.2) is 0 Å². The number of rotatable bonds is 4. The molecule has 2 rings (SSSR count). The first-order valence-corrected chi connectivity index (χ1v) is 7.31. The maximum atomic E-state index is 12.1. The van der Waals surface area contributed by atoms with Crippen LogP contribution in [0.15, 0.2) is 0 Å². The van der Waals surface area contributed by atoms with Crippen molar-refractivity contribution in [1.82, 2.24) is 10.2 Å². The zero-order valence-electron chi connectivity index (χ0n) is 11.6. The SMILES string of the molecule is CCOC(=O)NC[C@H]1C(=O)N2[C@@H]1SC(C)(C)[C@@H]2C(=O)O. The summed E-state index contributed by atoms with van der Waals surface area (Å²) in [7, 11) is 0. The van der Waals surface area contributed by atoms with Crippen molar-refractivity contribution in [3.05, 3.63) is 0 Å². The van der Waals surface area contributed by atoms with Gasteiger partial charge in [-0.15, -0.1) is 11.8 Å². The smallest absolute Gasteiger partial charge is 0.407 e. The molecular weight excluding hydrogens is 284 g/mol. The number of hydrogen-bond acceptors (Lipinski definition) is 5. The first-order valence-electron chi connectivity index (χ1n) is 6.43. The minimum Gasteiger partial charge on any atom is -0.480 e. The number of amides is 2. The molecule has 2 fully saturated rings. The third kappa shape index (κ3) is 2.32. The molecule has 8 heteroatoms. The van der Waals surface area contributed by atoms with E-state index in [2.05, 4.69) is 5.32 Å². The molecule has 0 saturated carbocycles. The van der Waals surface area contributed by atoms with E-state index in [1.807, 2.05) is 13.8 Å². The second kappa shape index (κ2) is 5.16. The third-order valence-corrected chi connectivity index (χ3v) is 5.15. The summed E-state index contributed by atoms with van der Waals surface area (Å²) in [4.78, 5) is 36.0. The Hall–Kier alpha value is -1.44. The summed E-state index contributed by atoms with van der Waals surface area (Å²) in [6, 6.07) is -0.816. The van der Waals surface area contributed by atoms with Gasteiger partial charge in [0.25, 0.3) is 0 Å². The van der Waals surface area contributed by atoms with Gasteiger partial charge in [0.05, 0.1) is 17.9 Å². The summed E-state index contributed by atoms with van der Waals surface area (Å²) in [6.07, 6.45) is -0.559. The monoisotopic (exact) mass is 302 g/mol. The number of carboxylic acid groups (broad SMARTS) is 1. The van der Waals surface area contributed by atoms with E-state index in [9.17, 15) is 19.5 Å². The highest BCUT2D eigenvalue weighted by molar-refractivity contribution is 8.01. The number of hydrogen-bond donors (Lipinski definition) is 2. The van der Waals surface area contributed by atoms with Crippen molar-refractivity contribution in [2.24, 2.45) is 5.92 Å². The van der Waals surface area contributed by atoms with Crippen LogP contribution in [0.1, 0.15) is 20.8 Å². The second-order valence-corrected chi connectivity index (χ2v) is 7.08. The van der Waals surface area contributed by atoms with Gasteiger partial charge in [-0.25, -0.2) is 9.59 Å². The molecule has 3 atom stereocenters. The van der Waals surface area contributed by atoms with Gasteiger partial charge in [-0.3, -0.25) is 4.79 Å². The van der Waals surface area contributed by atoms with E-state index in [-0.39, 0.29) is 30.4 Å². The van der Waals surface area contributed by atoms with E-state index in [0.29, 0.717) is 0 Å². The lowest BCUT2D eigenvalue weighted by atomic mass is 9.92. The van der Waals surface area contributed by atoms with Crippen molar-refractivity contribution in [3.63, 3.8) is 0 Å². The van der Waals surface area contributed by atoms with Crippen LogP contribution in [-0.4, -0.2) is 57.3 Å². The van der Waals surface area contributed by atoms with E-state index in [4.69, 9.17) is 4.74 Å². The highest BCUT2D eigenvalue weighted by Crippen LogP contribution is 2.52.